The van der Waals surface area contributed by atoms with E-state index in [2.05, 4.69) is 19.4 Å². The normalized spacial score (nSPS) is 16.8. The van der Waals surface area contributed by atoms with Crippen LogP contribution in [-0.4, -0.2) is 27.8 Å². The fourth-order valence-corrected chi connectivity index (χ4v) is 4.28. The fourth-order valence-electron chi connectivity index (χ4n) is 4.28. The molecule has 0 saturated heterocycles. The van der Waals surface area contributed by atoms with Crippen molar-refractivity contribution in [3.8, 4) is 22.8 Å². The van der Waals surface area contributed by atoms with Crippen LogP contribution >= 0.6 is 0 Å². The van der Waals surface area contributed by atoms with E-state index < -0.39 is 17.3 Å². The van der Waals surface area contributed by atoms with Crippen molar-refractivity contribution in [2.75, 3.05) is 0 Å². The monoisotopic (exact) mass is 466 g/mol. The number of ketones is 2. The quantitative estimate of drug-likeness (QED) is 0.549. The summed E-state index contributed by atoms with van der Waals surface area (Å²) in [7, 11) is 0. The average Bonchev–Trinajstić information content (AvgIpc) is 3.52. The van der Waals surface area contributed by atoms with E-state index in [9.17, 15) is 23.2 Å². The van der Waals surface area contributed by atoms with Gasteiger partial charge in [-0.15, -0.1) is 8.78 Å². The number of pyridine rings is 2. The van der Waals surface area contributed by atoms with Crippen LogP contribution in [0, 0.1) is 6.92 Å². The number of H-pyrrole nitrogens is 1. The molecule has 2 aliphatic rings. The maximum absolute atomic E-state index is 13.4. The minimum Gasteiger partial charge on any atom is -0.395 e. The highest BCUT2D eigenvalue weighted by molar-refractivity contribution is 5.95. The van der Waals surface area contributed by atoms with Gasteiger partial charge in [-0.25, -0.2) is 0 Å². The molecule has 1 aliphatic carbocycles. The van der Waals surface area contributed by atoms with Crippen LogP contribution in [0.25, 0.3) is 11.3 Å². The number of aromatic amines is 1. The number of hydrogen-bond acceptors (Lipinski definition) is 6. The molecule has 0 spiro atoms. The molecule has 1 fully saturated rings. The van der Waals surface area contributed by atoms with E-state index in [1.807, 2.05) is 13.0 Å². The van der Waals surface area contributed by atoms with Gasteiger partial charge in [0.2, 0.25) is 0 Å². The Hall–Kier alpha value is -3.88. The number of hydrogen-bond donors (Lipinski definition) is 1. The highest BCUT2D eigenvalue weighted by Crippen LogP contribution is 2.52. The van der Waals surface area contributed by atoms with Crippen LogP contribution in [0.3, 0.4) is 0 Å². The van der Waals surface area contributed by atoms with E-state index in [0.29, 0.717) is 35.4 Å². The molecule has 3 heterocycles. The van der Waals surface area contributed by atoms with Crippen molar-refractivity contribution < 1.29 is 27.8 Å². The zero-order valence-electron chi connectivity index (χ0n) is 18.4. The van der Waals surface area contributed by atoms with Gasteiger partial charge in [-0.1, -0.05) is 12.1 Å². The van der Waals surface area contributed by atoms with Gasteiger partial charge in [0.15, 0.2) is 17.3 Å². The molecule has 9 heteroatoms. The Morgan fingerprint density at radius 3 is 2.53 bits per heavy atom. The van der Waals surface area contributed by atoms with Crippen LogP contribution in [0.1, 0.15) is 46.9 Å². The number of halogens is 2. The number of benzene rings is 1. The van der Waals surface area contributed by atoms with Gasteiger partial charge in [0.25, 0.3) is 5.56 Å². The Bertz CT molecular complexity index is 1410. The van der Waals surface area contributed by atoms with Crippen LogP contribution in [0.4, 0.5) is 8.78 Å². The summed E-state index contributed by atoms with van der Waals surface area (Å²) in [5, 5.41) is 0. The zero-order valence-corrected chi connectivity index (χ0v) is 18.4. The number of nitrogens with one attached hydrogen (secondary N) is 1. The van der Waals surface area contributed by atoms with E-state index in [4.69, 9.17) is 0 Å². The van der Waals surface area contributed by atoms with Gasteiger partial charge >= 0.3 is 6.29 Å². The van der Waals surface area contributed by atoms with Gasteiger partial charge < -0.3 is 14.5 Å². The predicted octanol–water partition coefficient (Wildman–Crippen LogP) is 4.11. The lowest BCUT2D eigenvalue weighted by Crippen LogP contribution is -2.26. The second kappa shape index (κ2) is 7.58. The molecule has 0 bridgehead atoms. The van der Waals surface area contributed by atoms with E-state index in [1.54, 1.807) is 12.1 Å². The molecular formula is C25H20F2N2O5. The summed E-state index contributed by atoms with van der Waals surface area (Å²) in [5.41, 5.74) is 1.85. The van der Waals surface area contributed by atoms with Crippen molar-refractivity contribution in [1.82, 2.24) is 9.97 Å². The standard InChI is InChI=1S/C25H20F2N2O5/c1-13-3-5-17(29-22(13)15-9-18(14(2)30)23(32)28-12-15)11-21(31)24(7-8-24)16-4-6-19-20(10-16)34-25(26,27)33-19/h3-6,9-10,12H,7-8,11H2,1-2H3,(H,28,32). The molecule has 34 heavy (non-hydrogen) atoms. The predicted molar refractivity (Wildman–Crippen MR) is 117 cm³/mol. The number of nitrogens with zero attached hydrogens (tertiary/aromatic N) is 1. The van der Waals surface area contributed by atoms with Crippen molar-refractivity contribution in [2.45, 2.75) is 44.8 Å². The van der Waals surface area contributed by atoms with Gasteiger partial charge in [-0.2, -0.15) is 0 Å². The Morgan fingerprint density at radius 1 is 1.09 bits per heavy atom. The second-order valence-electron chi connectivity index (χ2n) is 8.67. The minimum absolute atomic E-state index is 0.0329. The van der Waals surface area contributed by atoms with Crippen LogP contribution in [0.15, 0.2) is 47.4 Å². The number of ether oxygens (including phenoxy) is 2. The molecule has 5 rings (SSSR count). The number of carbonyl (C=O) groups excluding carboxylic acids is 2. The van der Waals surface area contributed by atoms with E-state index >= 15 is 0 Å². The highest BCUT2D eigenvalue weighted by Gasteiger charge is 2.52. The first-order valence-corrected chi connectivity index (χ1v) is 10.7. The lowest BCUT2D eigenvalue weighted by Gasteiger charge is -2.15. The molecule has 1 aliphatic heterocycles. The third-order valence-corrected chi connectivity index (χ3v) is 6.29. The average molecular weight is 466 g/mol. The first kappa shape index (κ1) is 21.9. The maximum atomic E-state index is 13.4. The van der Waals surface area contributed by atoms with Crippen molar-refractivity contribution in [1.29, 1.82) is 0 Å². The molecule has 1 N–H and O–H groups in total. The van der Waals surface area contributed by atoms with Crippen molar-refractivity contribution >= 4 is 11.6 Å². The number of fused-ring (bicyclic) bond motifs is 1. The maximum Gasteiger partial charge on any atom is 0.586 e. The number of carbonyl (C=O) groups is 2. The van der Waals surface area contributed by atoms with E-state index in [0.717, 1.165) is 5.56 Å². The summed E-state index contributed by atoms with van der Waals surface area (Å²) in [6, 6.07) is 9.53. The highest BCUT2D eigenvalue weighted by atomic mass is 19.3. The Balaban J connectivity index is 1.42. The summed E-state index contributed by atoms with van der Waals surface area (Å²) in [4.78, 5) is 44.1. The van der Waals surface area contributed by atoms with Crippen molar-refractivity contribution in [3.63, 3.8) is 0 Å². The summed E-state index contributed by atoms with van der Waals surface area (Å²) in [6.07, 6.45) is -0.986. The molecule has 0 amide bonds. The molecule has 1 aromatic carbocycles. The SMILES string of the molecule is CC(=O)c1cc(-c2nc(CC(=O)C3(c4ccc5c(c4)OC(F)(F)O5)CC3)ccc2C)c[nH]c1=O. The van der Waals surface area contributed by atoms with Gasteiger partial charge in [-0.05, 0) is 62.1 Å². The molecule has 0 atom stereocenters. The summed E-state index contributed by atoms with van der Waals surface area (Å²) in [5.74, 6) is -0.583. The third-order valence-electron chi connectivity index (χ3n) is 6.29. The summed E-state index contributed by atoms with van der Waals surface area (Å²) < 4.78 is 35.7. The molecule has 0 unspecified atom stereocenters. The summed E-state index contributed by atoms with van der Waals surface area (Å²) >= 11 is 0. The number of alkyl halides is 2. The van der Waals surface area contributed by atoms with Gasteiger partial charge in [0, 0.05) is 23.9 Å². The molecule has 0 radical (unpaired) electrons. The largest absolute Gasteiger partial charge is 0.586 e. The van der Waals surface area contributed by atoms with Crippen LogP contribution in [0.5, 0.6) is 11.5 Å². The zero-order chi connectivity index (χ0) is 24.3. The van der Waals surface area contributed by atoms with E-state index in [1.165, 1.54) is 31.3 Å². The Kier molecular flexibility index (Phi) is 4.89. The number of Topliss-reactive ketones (excluding diaryl/α,β-unsaturated/α-hetero) is 2. The topological polar surface area (TPSA) is 98.3 Å². The van der Waals surface area contributed by atoms with Crippen LogP contribution in [-0.2, 0) is 16.6 Å². The summed E-state index contributed by atoms with van der Waals surface area (Å²) in [6.45, 7) is 3.16. The molecule has 3 aromatic rings. The second-order valence-corrected chi connectivity index (χ2v) is 8.67. The van der Waals surface area contributed by atoms with Crippen molar-refractivity contribution in [2.24, 2.45) is 0 Å². The molecule has 1 saturated carbocycles. The number of rotatable bonds is 6. The smallest absolute Gasteiger partial charge is 0.395 e. The molecule has 174 valence electrons. The lowest BCUT2D eigenvalue weighted by atomic mass is 9.88. The van der Waals surface area contributed by atoms with Gasteiger partial charge in [-0.3, -0.25) is 19.4 Å². The Labute approximate surface area is 192 Å². The minimum atomic E-state index is -3.71. The van der Waals surface area contributed by atoms with Crippen molar-refractivity contribution in [3.05, 3.63) is 75.3 Å². The molecule has 2 aromatic heterocycles. The lowest BCUT2D eigenvalue weighted by molar-refractivity contribution is -0.286. The number of aryl methyl sites for hydroxylation is 1. The van der Waals surface area contributed by atoms with Gasteiger partial charge in [0.1, 0.15) is 5.78 Å². The Morgan fingerprint density at radius 2 is 1.82 bits per heavy atom. The first-order chi connectivity index (χ1) is 16.1. The van der Waals surface area contributed by atoms with E-state index in [-0.39, 0.29) is 35.0 Å². The molecule has 7 nitrogen and oxygen atoms in total. The number of aromatic nitrogens is 2. The fraction of sp³-hybridized carbons (Fsp3) is 0.280. The van der Waals surface area contributed by atoms with Crippen LogP contribution in [0.2, 0.25) is 0 Å². The molecular weight excluding hydrogens is 446 g/mol. The first-order valence-electron chi connectivity index (χ1n) is 10.7. The third kappa shape index (κ3) is 3.76. The van der Waals surface area contributed by atoms with Crippen LogP contribution < -0.4 is 15.0 Å². The van der Waals surface area contributed by atoms with Gasteiger partial charge in [0.05, 0.1) is 16.7 Å².